The molecule has 1 amide bonds. The molecular weight excluding hydrogens is 224 g/mol. The number of rotatable bonds is 9. The van der Waals surface area contributed by atoms with E-state index in [9.17, 15) is 4.79 Å². The Hall–Kier alpha value is -0.570. The third-order valence-electron chi connectivity index (χ3n) is 4.31. The van der Waals surface area contributed by atoms with Crippen LogP contribution in [0.2, 0.25) is 0 Å². The summed E-state index contributed by atoms with van der Waals surface area (Å²) in [7, 11) is 0. The lowest BCUT2D eigenvalue weighted by atomic mass is 9.94. The maximum atomic E-state index is 11.8. The summed E-state index contributed by atoms with van der Waals surface area (Å²) in [5, 5.41) is 3.07. The van der Waals surface area contributed by atoms with E-state index < -0.39 is 0 Å². The molecule has 1 fully saturated rings. The van der Waals surface area contributed by atoms with Crippen LogP contribution in [0.5, 0.6) is 0 Å². The van der Waals surface area contributed by atoms with Gasteiger partial charge in [-0.3, -0.25) is 4.79 Å². The summed E-state index contributed by atoms with van der Waals surface area (Å²) in [6.07, 6.45) is 6.33. The molecule has 1 aliphatic carbocycles. The molecule has 0 radical (unpaired) electrons. The van der Waals surface area contributed by atoms with Crippen LogP contribution in [0.15, 0.2) is 0 Å². The van der Waals surface area contributed by atoms with Crippen LogP contribution in [0.4, 0.5) is 0 Å². The van der Waals surface area contributed by atoms with Crippen molar-refractivity contribution in [3.63, 3.8) is 0 Å². The molecule has 0 saturated heterocycles. The number of carbonyl (C=O) groups is 1. The molecule has 0 aromatic carbocycles. The minimum atomic E-state index is 0.218. The van der Waals surface area contributed by atoms with E-state index in [-0.39, 0.29) is 5.91 Å². The van der Waals surface area contributed by atoms with E-state index >= 15 is 0 Å². The molecule has 0 aromatic rings. The zero-order valence-corrected chi connectivity index (χ0v) is 12.3. The van der Waals surface area contributed by atoms with E-state index in [0.29, 0.717) is 23.7 Å². The SMILES string of the molecule is CCCC(CCN)CCC(=O)NCC1CC1(C)C. The summed E-state index contributed by atoms with van der Waals surface area (Å²) >= 11 is 0. The standard InChI is InChI=1S/C15H30N2O/c1-4-5-12(8-9-16)6-7-14(18)17-11-13-10-15(13,2)3/h12-13H,4-11,16H2,1-3H3,(H,17,18). The summed E-state index contributed by atoms with van der Waals surface area (Å²) < 4.78 is 0. The van der Waals surface area contributed by atoms with Gasteiger partial charge in [0.1, 0.15) is 0 Å². The molecule has 1 aliphatic rings. The Balaban J connectivity index is 2.11. The van der Waals surface area contributed by atoms with Crippen molar-refractivity contribution in [2.45, 2.75) is 59.3 Å². The van der Waals surface area contributed by atoms with Crippen molar-refractivity contribution in [1.29, 1.82) is 0 Å². The first-order valence-electron chi connectivity index (χ1n) is 7.46. The fraction of sp³-hybridized carbons (Fsp3) is 0.933. The van der Waals surface area contributed by atoms with Gasteiger partial charge in [-0.2, -0.15) is 0 Å². The fourth-order valence-corrected chi connectivity index (χ4v) is 2.66. The Morgan fingerprint density at radius 2 is 2.06 bits per heavy atom. The van der Waals surface area contributed by atoms with Crippen LogP contribution >= 0.6 is 0 Å². The van der Waals surface area contributed by atoms with Crippen LogP contribution in [-0.4, -0.2) is 19.0 Å². The highest BCUT2D eigenvalue weighted by atomic mass is 16.1. The molecule has 0 heterocycles. The van der Waals surface area contributed by atoms with Gasteiger partial charge in [0.25, 0.3) is 0 Å². The second-order valence-electron chi connectivity index (χ2n) is 6.46. The van der Waals surface area contributed by atoms with Crippen molar-refractivity contribution in [2.75, 3.05) is 13.1 Å². The molecule has 18 heavy (non-hydrogen) atoms. The third kappa shape index (κ3) is 5.38. The number of nitrogens with two attached hydrogens (primary N) is 1. The van der Waals surface area contributed by atoms with E-state index in [0.717, 1.165) is 25.9 Å². The fourth-order valence-electron chi connectivity index (χ4n) is 2.66. The van der Waals surface area contributed by atoms with Gasteiger partial charge >= 0.3 is 0 Å². The van der Waals surface area contributed by atoms with Gasteiger partial charge < -0.3 is 11.1 Å². The monoisotopic (exact) mass is 254 g/mol. The molecule has 2 atom stereocenters. The largest absolute Gasteiger partial charge is 0.356 e. The minimum Gasteiger partial charge on any atom is -0.356 e. The van der Waals surface area contributed by atoms with Crippen LogP contribution in [0.25, 0.3) is 0 Å². The zero-order valence-electron chi connectivity index (χ0n) is 12.3. The first-order valence-corrected chi connectivity index (χ1v) is 7.46. The predicted octanol–water partition coefficient (Wildman–Crippen LogP) is 2.69. The zero-order chi connectivity index (χ0) is 13.6. The average Bonchev–Trinajstić information content (AvgIpc) is 2.92. The van der Waals surface area contributed by atoms with Crippen molar-refractivity contribution >= 4 is 5.91 Å². The molecule has 106 valence electrons. The quantitative estimate of drug-likeness (QED) is 0.664. The number of carbonyl (C=O) groups excluding carboxylic acids is 1. The molecular formula is C15H30N2O. The maximum Gasteiger partial charge on any atom is 0.220 e. The predicted molar refractivity (Wildman–Crippen MR) is 76.2 cm³/mol. The van der Waals surface area contributed by atoms with E-state index in [1.54, 1.807) is 0 Å². The maximum absolute atomic E-state index is 11.8. The van der Waals surface area contributed by atoms with Gasteiger partial charge in [-0.15, -0.1) is 0 Å². The highest BCUT2D eigenvalue weighted by molar-refractivity contribution is 5.75. The Morgan fingerprint density at radius 1 is 1.39 bits per heavy atom. The number of nitrogens with one attached hydrogen (secondary N) is 1. The first kappa shape index (κ1) is 15.5. The van der Waals surface area contributed by atoms with E-state index in [1.165, 1.54) is 19.3 Å². The summed E-state index contributed by atoms with van der Waals surface area (Å²) in [6, 6.07) is 0. The van der Waals surface area contributed by atoms with Gasteiger partial charge in [0.05, 0.1) is 0 Å². The van der Waals surface area contributed by atoms with Crippen LogP contribution in [0.1, 0.15) is 59.3 Å². The molecule has 0 aromatic heterocycles. The van der Waals surface area contributed by atoms with Crippen LogP contribution < -0.4 is 11.1 Å². The molecule has 1 saturated carbocycles. The van der Waals surface area contributed by atoms with Gasteiger partial charge in [-0.1, -0.05) is 33.6 Å². The lowest BCUT2D eigenvalue weighted by Gasteiger charge is -2.14. The summed E-state index contributed by atoms with van der Waals surface area (Å²) in [5.41, 5.74) is 6.06. The summed E-state index contributed by atoms with van der Waals surface area (Å²) in [6.45, 7) is 8.33. The van der Waals surface area contributed by atoms with Crippen LogP contribution in [0, 0.1) is 17.3 Å². The van der Waals surface area contributed by atoms with E-state index in [1.807, 2.05) is 0 Å². The van der Waals surface area contributed by atoms with Crippen LogP contribution in [0.3, 0.4) is 0 Å². The van der Waals surface area contributed by atoms with Crippen molar-refractivity contribution in [2.24, 2.45) is 23.0 Å². The molecule has 3 N–H and O–H groups in total. The van der Waals surface area contributed by atoms with Gasteiger partial charge in [-0.05, 0) is 43.1 Å². The third-order valence-corrected chi connectivity index (χ3v) is 4.31. The normalized spacial score (nSPS) is 22.6. The van der Waals surface area contributed by atoms with Gasteiger partial charge in [0, 0.05) is 13.0 Å². The smallest absolute Gasteiger partial charge is 0.220 e. The summed E-state index contributed by atoms with van der Waals surface area (Å²) in [5.74, 6) is 1.54. The van der Waals surface area contributed by atoms with Gasteiger partial charge in [0.2, 0.25) is 5.91 Å². The minimum absolute atomic E-state index is 0.218. The lowest BCUT2D eigenvalue weighted by Crippen LogP contribution is -2.27. The van der Waals surface area contributed by atoms with E-state index in [2.05, 4.69) is 26.1 Å². The molecule has 1 rings (SSSR count). The number of hydrogen-bond donors (Lipinski definition) is 2. The first-order chi connectivity index (χ1) is 8.49. The highest BCUT2D eigenvalue weighted by Crippen LogP contribution is 2.50. The molecule has 3 nitrogen and oxygen atoms in total. The topological polar surface area (TPSA) is 55.1 Å². The lowest BCUT2D eigenvalue weighted by molar-refractivity contribution is -0.121. The van der Waals surface area contributed by atoms with Crippen molar-refractivity contribution in [3.05, 3.63) is 0 Å². The molecule has 0 spiro atoms. The van der Waals surface area contributed by atoms with Crippen molar-refractivity contribution in [1.82, 2.24) is 5.32 Å². The van der Waals surface area contributed by atoms with Crippen LogP contribution in [-0.2, 0) is 4.79 Å². The van der Waals surface area contributed by atoms with Gasteiger partial charge in [-0.25, -0.2) is 0 Å². The number of hydrogen-bond acceptors (Lipinski definition) is 2. The second kappa shape index (κ2) is 7.13. The number of amides is 1. The molecule has 0 aliphatic heterocycles. The molecule has 0 bridgehead atoms. The Bertz CT molecular complexity index is 257. The Labute approximate surface area is 112 Å². The highest BCUT2D eigenvalue weighted by Gasteiger charge is 2.45. The van der Waals surface area contributed by atoms with Crippen molar-refractivity contribution in [3.8, 4) is 0 Å². The average molecular weight is 254 g/mol. The Kier molecular flexibility index (Phi) is 6.13. The molecule has 3 heteroatoms. The summed E-state index contributed by atoms with van der Waals surface area (Å²) in [4.78, 5) is 11.8. The van der Waals surface area contributed by atoms with Crippen molar-refractivity contribution < 1.29 is 4.79 Å². The molecule has 2 unspecified atom stereocenters. The van der Waals surface area contributed by atoms with E-state index in [4.69, 9.17) is 5.73 Å². The Morgan fingerprint density at radius 3 is 2.56 bits per heavy atom. The van der Waals surface area contributed by atoms with Gasteiger partial charge in [0.15, 0.2) is 0 Å². The second-order valence-corrected chi connectivity index (χ2v) is 6.46.